The molecule has 15 heavy (non-hydrogen) atoms. The van der Waals surface area contributed by atoms with E-state index < -0.39 is 0 Å². The molecule has 1 aromatic carbocycles. The zero-order valence-electron chi connectivity index (χ0n) is 10.3. The highest BCUT2D eigenvalue weighted by Crippen LogP contribution is 2.44. The van der Waals surface area contributed by atoms with E-state index in [1.807, 2.05) is 0 Å². The smallest absolute Gasteiger partial charge is 0.126 e. The van der Waals surface area contributed by atoms with E-state index in [0.29, 0.717) is 0 Å². The van der Waals surface area contributed by atoms with Crippen LogP contribution < -0.4 is 4.74 Å². The van der Waals surface area contributed by atoms with Gasteiger partial charge in [-0.3, -0.25) is 0 Å². The van der Waals surface area contributed by atoms with Crippen LogP contribution in [0.3, 0.4) is 0 Å². The molecule has 1 aromatic rings. The fourth-order valence-corrected chi connectivity index (χ4v) is 2.15. The highest BCUT2D eigenvalue weighted by atomic mass is 16.5. The summed E-state index contributed by atoms with van der Waals surface area (Å²) in [7, 11) is 0. The van der Waals surface area contributed by atoms with Crippen molar-refractivity contribution < 1.29 is 4.74 Å². The minimum atomic E-state index is 0.158. The van der Waals surface area contributed by atoms with Crippen LogP contribution in [0.25, 0.3) is 0 Å². The van der Waals surface area contributed by atoms with E-state index >= 15 is 0 Å². The number of ether oxygens (including phenoxy) is 1. The van der Waals surface area contributed by atoms with Crippen molar-refractivity contribution in [3.05, 3.63) is 29.3 Å². The molecule has 0 amide bonds. The molecule has 1 aliphatic rings. The Morgan fingerprint density at radius 3 is 2.47 bits per heavy atom. The number of hydrogen-bond donors (Lipinski definition) is 0. The molecule has 0 saturated carbocycles. The number of benzene rings is 1. The van der Waals surface area contributed by atoms with Gasteiger partial charge < -0.3 is 4.74 Å². The highest BCUT2D eigenvalue weighted by molar-refractivity contribution is 5.50. The second-order valence-corrected chi connectivity index (χ2v) is 6.10. The molecular formula is C14H20O. The van der Waals surface area contributed by atoms with Crippen molar-refractivity contribution in [2.45, 2.75) is 45.4 Å². The number of rotatable bonds is 0. The first-order valence-electron chi connectivity index (χ1n) is 5.59. The normalized spacial score (nSPS) is 18.5. The summed E-state index contributed by atoms with van der Waals surface area (Å²) in [5.74, 6) is 1.12. The third-order valence-electron chi connectivity index (χ3n) is 3.13. The topological polar surface area (TPSA) is 9.23 Å². The molecule has 2 rings (SSSR count). The molecule has 0 unspecified atom stereocenters. The van der Waals surface area contributed by atoms with Gasteiger partial charge >= 0.3 is 0 Å². The van der Waals surface area contributed by atoms with Crippen molar-refractivity contribution >= 4 is 0 Å². The van der Waals surface area contributed by atoms with E-state index in [9.17, 15) is 0 Å². The van der Waals surface area contributed by atoms with Crippen LogP contribution in [0.4, 0.5) is 0 Å². The van der Waals surface area contributed by atoms with Gasteiger partial charge in [0.15, 0.2) is 0 Å². The zero-order valence-corrected chi connectivity index (χ0v) is 10.3. The Hall–Kier alpha value is -0.980. The maximum absolute atomic E-state index is 5.87. The van der Waals surface area contributed by atoms with Gasteiger partial charge in [-0.1, -0.05) is 52.8 Å². The highest BCUT2D eigenvalue weighted by Gasteiger charge is 2.35. The van der Waals surface area contributed by atoms with E-state index in [1.165, 1.54) is 11.1 Å². The van der Waals surface area contributed by atoms with Crippen LogP contribution in [0.15, 0.2) is 18.2 Å². The molecule has 0 aromatic heterocycles. The van der Waals surface area contributed by atoms with Crippen molar-refractivity contribution in [2.75, 3.05) is 6.61 Å². The molecule has 82 valence electrons. The Morgan fingerprint density at radius 1 is 1.20 bits per heavy atom. The lowest BCUT2D eigenvalue weighted by molar-refractivity contribution is 0.286. The summed E-state index contributed by atoms with van der Waals surface area (Å²) < 4.78 is 5.87. The molecule has 0 bridgehead atoms. The molecule has 0 N–H and O–H groups in total. The maximum Gasteiger partial charge on any atom is 0.126 e. The molecule has 1 heteroatoms. The Bertz CT molecular complexity index is 383. The van der Waals surface area contributed by atoms with Gasteiger partial charge in [0.2, 0.25) is 0 Å². The summed E-state index contributed by atoms with van der Waals surface area (Å²) in [5.41, 5.74) is 3.00. The fourth-order valence-electron chi connectivity index (χ4n) is 2.15. The Kier molecular flexibility index (Phi) is 2.11. The van der Waals surface area contributed by atoms with Gasteiger partial charge in [-0.15, -0.1) is 0 Å². The average molecular weight is 204 g/mol. The zero-order chi connectivity index (χ0) is 11.3. The van der Waals surface area contributed by atoms with Gasteiger partial charge in [-0.2, -0.15) is 0 Å². The molecule has 0 aliphatic carbocycles. The lowest BCUT2D eigenvalue weighted by Gasteiger charge is -2.22. The Balaban J connectivity index is 2.60. The van der Waals surface area contributed by atoms with Crippen LogP contribution in [-0.2, 0) is 10.8 Å². The van der Waals surface area contributed by atoms with Crippen LogP contribution in [0, 0.1) is 0 Å². The lowest BCUT2D eigenvalue weighted by Crippen LogP contribution is -2.18. The van der Waals surface area contributed by atoms with Gasteiger partial charge in [-0.25, -0.2) is 0 Å². The van der Waals surface area contributed by atoms with E-state index in [2.05, 4.69) is 52.8 Å². The van der Waals surface area contributed by atoms with E-state index in [0.717, 1.165) is 12.4 Å². The summed E-state index contributed by atoms with van der Waals surface area (Å²) in [6.45, 7) is 12.0. The second kappa shape index (κ2) is 3.01. The van der Waals surface area contributed by atoms with Gasteiger partial charge in [0.05, 0.1) is 6.61 Å². The number of hydrogen-bond acceptors (Lipinski definition) is 1. The summed E-state index contributed by atoms with van der Waals surface area (Å²) in [6.07, 6.45) is 0. The summed E-state index contributed by atoms with van der Waals surface area (Å²) >= 11 is 0. The monoisotopic (exact) mass is 204 g/mol. The third kappa shape index (κ3) is 1.64. The van der Waals surface area contributed by atoms with Crippen LogP contribution in [0.2, 0.25) is 0 Å². The largest absolute Gasteiger partial charge is 0.492 e. The van der Waals surface area contributed by atoms with Crippen LogP contribution >= 0.6 is 0 Å². The van der Waals surface area contributed by atoms with Crippen molar-refractivity contribution in [1.82, 2.24) is 0 Å². The predicted molar refractivity (Wildman–Crippen MR) is 63.7 cm³/mol. The van der Waals surface area contributed by atoms with Crippen molar-refractivity contribution in [1.29, 1.82) is 0 Å². The lowest BCUT2D eigenvalue weighted by atomic mass is 9.81. The maximum atomic E-state index is 5.87. The molecule has 1 nitrogen and oxygen atoms in total. The third-order valence-corrected chi connectivity index (χ3v) is 3.13. The molecule has 0 spiro atoms. The minimum absolute atomic E-state index is 0.158. The van der Waals surface area contributed by atoms with Crippen molar-refractivity contribution in [3.8, 4) is 5.75 Å². The second-order valence-electron chi connectivity index (χ2n) is 6.10. The Morgan fingerprint density at radius 2 is 1.87 bits per heavy atom. The van der Waals surface area contributed by atoms with Gasteiger partial charge in [-0.05, 0) is 11.0 Å². The van der Waals surface area contributed by atoms with Gasteiger partial charge in [0.25, 0.3) is 0 Å². The summed E-state index contributed by atoms with van der Waals surface area (Å²) in [4.78, 5) is 0. The molecule has 0 saturated heterocycles. The van der Waals surface area contributed by atoms with Gasteiger partial charge in [0, 0.05) is 11.0 Å². The quantitative estimate of drug-likeness (QED) is 0.626. The molecule has 0 atom stereocenters. The number of para-hydroxylation sites is 1. The minimum Gasteiger partial charge on any atom is -0.492 e. The van der Waals surface area contributed by atoms with Crippen LogP contribution in [-0.4, -0.2) is 6.61 Å². The fraction of sp³-hybridized carbons (Fsp3) is 0.571. The van der Waals surface area contributed by atoms with Crippen molar-refractivity contribution in [2.24, 2.45) is 0 Å². The predicted octanol–water partition coefficient (Wildman–Crippen LogP) is 3.65. The Labute approximate surface area is 92.5 Å². The van der Waals surface area contributed by atoms with Crippen molar-refractivity contribution in [3.63, 3.8) is 0 Å². The number of fused-ring (bicyclic) bond motifs is 1. The van der Waals surface area contributed by atoms with Crippen LogP contribution in [0.5, 0.6) is 5.75 Å². The first kappa shape index (κ1) is 10.5. The van der Waals surface area contributed by atoms with Crippen LogP contribution in [0.1, 0.15) is 45.7 Å². The van der Waals surface area contributed by atoms with E-state index in [4.69, 9.17) is 4.74 Å². The first-order valence-corrected chi connectivity index (χ1v) is 5.59. The summed E-state index contributed by atoms with van der Waals surface area (Å²) in [6, 6.07) is 6.52. The molecule has 1 heterocycles. The standard InChI is InChI=1S/C14H20O/c1-13(2,3)10-7-6-8-11-12(10)15-9-14(11,4)5/h6-8H,9H2,1-5H3. The van der Waals surface area contributed by atoms with E-state index in [1.54, 1.807) is 0 Å². The van der Waals surface area contributed by atoms with E-state index in [-0.39, 0.29) is 10.8 Å². The molecule has 0 radical (unpaired) electrons. The van der Waals surface area contributed by atoms with Gasteiger partial charge in [0.1, 0.15) is 5.75 Å². The molecule has 1 aliphatic heterocycles. The summed E-state index contributed by atoms with van der Waals surface area (Å²) in [5, 5.41) is 0. The SMILES string of the molecule is CC(C)(C)c1cccc2c1OCC2(C)C. The molecule has 0 fully saturated rings. The first-order chi connectivity index (χ1) is 6.82. The molecular weight excluding hydrogens is 184 g/mol. The average Bonchev–Trinajstić information content (AvgIpc) is 2.41.